The minimum Gasteiger partial charge on any atom is -0.393 e. The Bertz CT molecular complexity index is 447. The standard InChI is InChI=1S/C18H26O/c1-18-9-2-3-17(18)16-6-4-12-11-13(19)5-7-14(12)15(16)8-10-18/h2,9,13,15-17,19H,3-8,10-11H2,1H3/t13-,15+,16+,17-,18-/m0/s1. The van der Waals surface area contributed by atoms with E-state index >= 15 is 0 Å². The van der Waals surface area contributed by atoms with Gasteiger partial charge in [-0.1, -0.05) is 30.2 Å². The van der Waals surface area contributed by atoms with Crippen molar-refractivity contribution in [2.45, 2.75) is 64.4 Å². The first-order chi connectivity index (χ1) is 9.17. The molecule has 1 nitrogen and oxygen atoms in total. The molecule has 0 aromatic heterocycles. The van der Waals surface area contributed by atoms with E-state index in [1.54, 1.807) is 11.1 Å². The molecular formula is C18H26O. The predicted octanol–water partition coefficient (Wildman–Crippen LogP) is 4.23. The van der Waals surface area contributed by atoms with Gasteiger partial charge in [0.25, 0.3) is 0 Å². The van der Waals surface area contributed by atoms with Gasteiger partial charge in [0, 0.05) is 0 Å². The second-order valence-electron chi connectivity index (χ2n) is 7.62. The van der Waals surface area contributed by atoms with Gasteiger partial charge in [-0.25, -0.2) is 0 Å². The number of rotatable bonds is 0. The van der Waals surface area contributed by atoms with E-state index in [-0.39, 0.29) is 6.10 Å². The average molecular weight is 258 g/mol. The molecule has 4 aliphatic carbocycles. The zero-order chi connectivity index (χ0) is 13.0. The molecule has 1 heteroatoms. The summed E-state index contributed by atoms with van der Waals surface area (Å²) in [6.45, 7) is 2.49. The van der Waals surface area contributed by atoms with Crippen LogP contribution >= 0.6 is 0 Å². The SMILES string of the molecule is C[C@@]12C=CC[C@H]1[C@@H]1CCC3=C(CC[C@H](O)C3)[C@H]1CC2. The summed E-state index contributed by atoms with van der Waals surface area (Å²) in [7, 11) is 0. The molecule has 5 atom stereocenters. The van der Waals surface area contributed by atoms with Gasteiger partial charge >= 0.3 is 0 Å². The van der Waals surface area contributed by atoms with Crippen LogP contribution in [0.5, 0.6) is 0 Å². The van der Waals surface area contributed by atoms with Gasteiger partial charge in [-0.15, -0.1) is 0 Å². The lowest BCUT2D eigenvalue weighted by Gasteiger charge is -2.50. The highest BCUT2D eigenvalue weighted by atomic mass is 16.3. The number of aliphatic hydroxyl groups is 1. The van der Waals surface area contributed by atoms with Crippen molar-refractivity contribution in [3.63, 3.8) is 0 Å². The fraction of sp³-hybridized carbons (Fsp3) is 0.778. The highest BCUT2D eigenvalue weighted by Crippen LogP contribution is 2.58. The molecule has 1 N–H and O–H groups in total. The normalized spacial score (nSPS) is 48.7. The first kappa shape index (κ1) is 12.2. The second-order valence-corrected chi connectivity index (χ2v) is 7.62. The van der Waals surface area contributed by atoms with Crippen LogP contribution in [0, 0.1) is 23.2 Å². The lowest BCUT2D eigenvalue weighted by atomic mass is 9.54. The van der Waals surface area contributed by atoms with Crippen LogP contribution in [0.3, 0.4) is 0 Å². The van der Waals surface area contributed by atoms with Crippen LogP contribution in [0.15, 0.2) is 23.3 Å². The van der Waals surface area contributed by atoms with Crippen molar-refractivity contribution in [1.82, 2.24) is 0 Å². The Kier molecular flexibility index (Phi) is 2.71. The summed E-state index contributed by atoms with van der Waals surface area (Å²) in [6.07, 6.45) is 14.9. The van der Waals surface area contributed by atoms with Crippen molar-refractivity contribution >= 4 is 0 Å². The van der Waals surface area contributed by atoms with E-state index in [2.05, 4.69) is 19.1 Å². The van der Waals surface area contributed by atoms with Crippen LogP contribution in [-0.4, -0.2) is 11.2 Å². The van der Waals surface area contributed by atoms with Gasteiger partial charge in [0.2, 0.25) is 0 Å². The highest BCUT2D eigenvalue weighted by Gasteiger charge is 2.49. The Morgan fingerprint density at radius 2 is 2.11 bits per heavy atom. The maximum absolute atomic E-state index is 9.89. The molecule has 0 radical (unpaired) electrons. The lowest BCUT2D eigenvalue weighted by molar-refractivity contribution is 0.0554. The molecule has 0 spiro atoms. The molecule has 0 amide bonds. The highest BCUT2D eigenvalue weighted by molar-refractivity contribution is 5.28. The van der Waals surface area contributed by atoms with Gasteiger partial charge in [-0.2, -0.15) is 0 Å². The van der Waals surface area contributed by atoms with Crippen molar-refractivity contribution in [1.29, 1.82) is 0 Å². The summed E-state index contributed by atoms with van der Waals surface area (Å²) in [6, 6.07) is 0. The molecule has 0 aromatic carbocycles. The van der Waals surface area contributed by atoms with Crippen molar-refractivity contribution < 1.29 is 5.11 Å². The van der Waals surface area contributed by atoms with E-state index in [4.69, 9.17) is 0 Å². The summed E-state index contributed by atoms with van der Waals surface area (Å²) in [4.78, 5) is 0. The molecule has 0 bridgehead atoms. The molecule has 0 aromatic rings. The molecule has 1 fully saturated rings. The second kappa shape index (κ2) is 4.22. The first-order valence-corrected chi connectivity index (χ1v) is 8.24. The van der Waals surface area contributed by atoms with Gasteiger partial charge in [0.05, 0.1) is 6.10 Å². The molecule has 4 rings (SSSR count). The summed E-state index contributed by atoms with van der Waals surface area (Å²) in [5, 5.41) is 9.89. The maximum Gasteiger partial charge on any atom is 0.0580 e. The van der Waals surface area contributed by atoms with E-state index in [0.717, 1.165) is 30.6 Å². The molecule has 0 unspecified atom stereocenters. The zero-order valence-electron chi connectivity index (χ0n) is 12.1. The Labute approximate surface area is 116 Å². The van der Waals surface area contributed by atoms with Crippen LogP contribution in [-0.2, 0) is 0 Å². The van der Waals surface area contributed by atoms with Crippen molar-refractivity contribution in [2.75, 3.05) is 0 Å². The Balaban J connectivity index is 1.64. The summed E-state index contributed by atoms with van der Waals surface area (Å²) < 4.78 is 0. The number of hydrogen-bond donors (Lipinski definition) is 1. The smallest absolute Gasteiger partial charge is 0.0580 e. The van der Waals surface area contributed by atoms with Crippen LogP contribution < -0.4 is 0 Å². The van der Waals surface area contributed by atoms with E-state index in [1.807, 2.05) is 0 Å². The fourth-order valence-corrected chi connectivity index (χ4v) is 5.67. The van der Waals surface area contributed by atoms with Gasteiger partial charge in [0.1, 0.15) is 0 Å². The summed E-state index contributed by atoms with van der Waals surface area (Å²) >= 11 is 0. The minimum absolute atomic E-state index is 0.0442. The molecule has 0 heterocycles. The van der Waals surface area contributed by atoms with Crippen LogP contribution in [0.2, 0.25) is 0 Å². The third kappa shape index (κ3) is 1.77. The largest absolute Gasteiger partial charge is 0.393 e. The van der Waals surface area contributed by atoms with E-state index < -0.39 is 0 Å². The molecule has 1 saturated carbocycles. The zero-order valence-corrected chi connectivity index (χ0v) is 12.1. The van der Waals surface area contributed by atoms with E-state index in [0.29, 0.717) is 5.41 Å². The quantitative estimate of drug-likeness (QED) is 0.645. The summed E-state index contributed by atoms with van der Waals surface area (Å²) in [5.74, 6) is 2.71. The number of fused-ring (bicyclic) bond motifs is 4. The number of aliphatic hydroxyl groups excluding tert-OH is 1. The van der Waals surface area contributed by atoms with Gasteiger partial charge in [0.15, 0.2) is 0 Å². The third-order valence-electron chi connectivity index (χ3n) is 6.67. The molecule has 0 saturated heterocycles. The molecule has 104 valence electrons. The molecule has 4 aliphatic rings. The van der Waals surface area contributed by atoms with E-state index in [1.165, 1.54) is 38.5 Å². The topological polar surface area (TPSA) is 20.2 Å². The van der Waals surface area contributed by atoms with Crippen LogP contribution in [0.4, 0.5) is 0 Å². The summed E-state index contributed by atoms with van der Waals surface area (Å²) in [5.41, 5.74) is 3.94. The molecular weight excluding hydrogens is 232 g/mol. The number of allylic oxidation sites excluding steroid dienone is 3. The first-order valence-electron chi connectivity index (χ1n) is 8.24. The van der Waals surface area contributed by atoms with Gasteiger partial charge in [-0.05, 0) is 74.5 Å². The molecule has 19 heavy (non-hydrogen) atoms. The molecule has 0 aliphatic heterocycles. The Hall–Kier alpha value is -0.560. The minimum atomic E-state index is -0.0442. The predicted molar refractivity (Wildman–Crippen MR) is 77.7 cm³/mol. The van der Waals surface area contributed by atoms with Crippen molar-refractivity contribution in [2.24, 2.45) is 23.2 Å². The van der Waals surface area contributed by atoms with Crippen molar-refractivity contribution in [3.05, 3.63) is 23.3 Å². The van der Waals surface area contributed by atoms with Gasteiger partial charge in [-0.3, -0.25) is 0 Å². The fourth-order valence-electron chi connectivity index (χ4n) is 5.67. The van der Waals surface area contributed by atoms with Crippen LogP contribution in [0.25, 0.3) is 0 Å². The third-order valence-corrected chi connectivity index (χ3v) is 6.67. The Morgan fingerprint density at radius 3 is 3.00 bits per heavy atom. The van der Waals surface area contributed by atoms with Crippen LogP contribution in [0.1, 0.15) is 58.3 Å². The Morgan fingerprint density at radius 1 is 1.21 bits per heavy atom. The number of hydrogen-bond acceptors (Lipinski definition) is 1. The van der Waals surface area contributed by atoms with E-state index in [9.17, 15) is 5.11 Å². The average Bonchev–Trinajstić information content (AvgIpc) is 2.79. The van der Waals surface area contributed by atoms with Crippen molar-refractivity contribution in [3.8, 4) is 0 Å². The maximum atomic E-state index is 9.89. The monoisotopic (exact) mass is 258 g/mol. The lowest BCUT2D eigenvalue weighted by Crippen LogP contribution is -2.41. The van der Waals surface area contributed by atoms with Gasteiger partial charge < -0.3 is 5.11 Å².